The van der Waals surface area contributed by atoms with Crippen LogP contribution in [0.25, 0.3) is 0 Å². The number of amides is 1. The zero-order valence-corrected chi connectivity index (χ0v) is 11.0. The van der Waals surface area contributed by atoms with Crippen molar-refractivity contribution in [3.8, 4) is 0 Å². The van der Waals surface area contributed by atoms with Crippen molar-refractivity contribution in [2.75, 3.05) is 0 Å². The Labute approximate surface area is 117 Å². The van der Waals surface area contributed by atoms with Gasteiger partial charge in [0.25, 0.3) is 0 Å². The fraction of sp³-hybridized carbons (Fsp3) is 0.583. The van der Waals surface area contributed by atoms with Crippen molar-refractivity contribution in [1.82, 2.24) is 15.1 Å². The normalized spacial score (nSPS) is 17.7. The summed E-state index contributed by atoms with van der Waals surface area (Å²) in [6.45, 7) is -0.453. The maximum absolute atomic E-state index is 12.4. The van der Waals surface area contributed by atoms with Crippen LogP contribution in [0.15, 0.2) is 12.3 Å². The zero-order chi connectivity index (χ0) is 15.7. The third kappa shape index (κ3) is 3.34. The van der Waals surface area contributed by atoms with Crippen molar-refractivity contribution in [2.45, 2.75) is 43.9 Å². The van der Waals surface area contributed by atoms with Crippen LogP contribution in [0.4, 0.5) is 13.2 Å². The van der Waals surface area contributed by atoms with Gasteiger partial charge in [-0.2, -0.15) is 18.3 Å². The van der Waals surface area contributed by atoms with E-state index in [1.165, 1.54) is 0 Å². The van der Waals surface area contributed by atoms with Crippen LogP contribution in [-0.4, -0.2) is 32.3 Å². The number of hydrogen-bond donors (Lipinski definition) is 2. The predicted molar refractivity (Wildman–Crippen MR) is 64.2 cm³/mol. The summed E-state index contributed by atoms with van der Waals surface area (Å²) < 4.78 is 38.0. The van der Waals surface area contributed by atoms with E-state index < -0.39 is 35.8 Å². The smallest absolute Gasteiger partial charge is 0.435 e. The molecule has 0 spiro atoms. The highest BCUT2D eigenvalue weighted by atomic mass is 19.4. The molecular formula is C12H14F3N3O3. The summed E-state index contributed by atoms with van der Waals surface area (Å²) in [6.07, 6.45) is -1.53. The molecule has 0 atom stereocenters. The van der Waals surface area contributed by atoms with Crippen molar-refractivity contribution < 1.29 is 27.9 Å². The summed E-state index contributed by atoms with van der Waals surface area (Å²) in [5.74, 6) is -1.79. The van der Waals surface area contributed by atoms with Crippen LogP contribution in [0.3, 0.4) is 0 Å². The van der Waals surface area contributed by atoms with Gasteiger partial charge < -0.3 is 10.4 Å². The summed E-state index contributed by atoms with van der Waals surface area (Å²) in [4.78, 5) is 23.1. The minimum atomic E-state index is -4.57. The number of carboxylic acids is 1. The van der Waals surface area contributed by atoms with Gasteiger partial charge in [0.2, 0.25) is 5.91 Å². The minimum Gasteiger partial charge on any atom is -0.480 e. The Kier molecular flexibility index (Phi) is 3.93. The molecule has 0 radical (unpaired) electrons. The first-order valence-electron chi connectivity index (χ1n) is 6.38. The van der Waals surface area contributed by atoms with Crippen LogP contribution in [0.2, 0.25) is 0 Å². The van der Waals surface area contributed by atoms with E-state index in [1.54, 1.807) is 0 Å². The van der Waals surface area contributed by atoms with E-state index >= 15 is 0 Å². The molecule has 1 amide bonds. The van der Waals surface area contributed by atoms with Gasteiger partial charge in [-0.3, -0.25) is 9.48 Å². The Balaban J connectivity index is 2.01. The number of hydrogen-bond acceptors (Lipinski definition) is 3. The molecule has 0 aromatic carbocycles. The number of carbonyl (C=O) groups is 2. The van der Waals surface area contributed by atoms with Crippen molar-refractivity contribution in [1.29, 1.82) is 0 Å². The molecule has 0 bridgehead atoms. The number of nitrogens with zero attached hydrogens (tertiary/aromatic N) is 2. The monoisotopic (exact) mass is 305 g/mol. The summed E-state index contributed by atoms with van der Waals surface area (Å²) in [7, 11) is 0. The van der Waals surface area contributed by atoms with Gasteiger partial charge in [0.05, 0.1) is 0 Å². The van der Waals surface area contributed by atoms with Crippen molar-refractivity contribution in [3.05, 3.63) is 18.0 Å². The molecule has 116 valence electrons. The molecule has 2 N–H and O–H groups in total. The Morgan fingerprint density at radius 2 is 2.00 bits per heavy atom. The number of alkyl halides is 3. The Bertz CT molecular complexity index is 547. The number of carbonyl (C=O) groups excluding carboxylic acids is 1. The first-order valence-corrected chi connectivity index (χ1v) is 6.38. The first kappa shape index (κ1) is 15.3. The highest BCUT2D eigenvalue weighted by molar-refractivity contribution is 5.87. The lowest BCUT2D eigenvalue weighted by atomic mass is 9.98. The molecule has 1 aliphatic carbocycles. The summed E-state index contributed by atoms with van der Waals surface area (Å²) >= 11 is 0. The molecule has 1 aromatic heterocycles. The second kappa shape index (κ2) is 5.38. The Hall–Kier alpha value is -2.06. The summed E-state index contributed by atoms with van der Waals surface area (Å²) in [5.41, 5.74) is -2.40. The molecule has 1 fully saturated rings. The van der Waals surface area contributed by atoms with E-state index in [9.17, 15) is 27.9 Å². The molecule has 9 heteroatoms. The SMILES string of the molecule is O=C(Cn1ccc(C(F)(F)F)n1)NC1(C(=O)O)CCCC1. The molecule has 0 unspecified atom stereocenters. The van der Waals surface area contributed by atoms with Crippen LogP contribution in [0.1, 0.15) is 31.4 Å². The average molecular weight is 305 g/mol. The van der Waals surface area contributed by atoms with Gasteiger partial charge in [0.1, 0.15) is 12.1 Å². The molecule has 0 saturated heterocycles. The van der Waals surface area contributed by atoms with Crippen LogP contribution in [0.5, 0.6) is 0 Å². The van der Waals surface area contributed by atoms with E-state index in [0.29, 0.717) is 25.7 Å². The molecule has 1 aliphatic rings. The van der Waals surface area contributed by atoms with Gasteiger partial charge in [0, 0.05) is 6.20 Å². The molecule has 21 heavy (non-hydrogen) atoms. The quantitative estimate of drug-likeness (QED) is 0.881. The van der Waals surface area contributed by atoms with Crippen LogP contribution in [-0.2, 0) is 22.3 Å². The maximum atomic E-state index is 12.4. The first-order chi connectivity index (χ1) is 9.73. The van der Waals surface area contributed by atoms with Crippen molar-refractivity contribution >= 4 is 11.9 Å². The van der Waals surface area contributed by atoms with Gasteiger partial charge in [-0.25, -0.2) is 4.79 Å². The van der Waals surface area contributed by atoms with E-state index in [2.05, 4.69) is 10.4 Å². The van der Waals surface area contributed by atoms with Crippen LogP contribution >= 0.6 is 0 Å². The van der Waals surface area contributed by atoms with Crippen LogP contribution in [0, 0.1) is 0 Å². The third-order valence-corrected chi connectivity index (χ3v) is 3.48. The predicted octanol–water partition coefficient (Wildman–Crippen LogP) is 1.42. The zero-order valence-electron chi connectivity index (χ0n) is 11.0. The number of rotatable bonds is 4. The van der Waals surface area contributed by atoms with Crippen LogP contribution < -0.4 is 5.32 Å². The van der Waals surface area contributed by atoms with E-state index in [-0.39, 0.29) is 0 Å². The standard InChI is InChI=1S/C12H14F3N3O3/c13-12(14,15)8-3-6-18(17-8)7-9(19)16-11(10(20)21)4-1-2-5-11/h3,6H,1-2,4-5,7H2,(H,16,19)(H,20,21). The minimum absolute atomic E-state index is 0.320. The van der Waals surface area contributed by atoms with Crippen molar-refractivity contribution in [2.24, 2.45) is 0 Å². The number of nitrogens with one attached hydrogen (secondary N) is 1. The topological polar surface area (TPSA) is 84.2 Å². The van der Waals surface area contributed by atoms with Gasteiger partial charge >= 0.3 is 12.1 Å². The number of aliphatic carboxylic acids is 1. The molecule has 2 rings (SSSR count). The third-order valence-electron chi connectivity index (χ3n) is 3.48. The highest BCUT2D eigenvalue weighted by Gasteiger charge is 2.42. The lowest BCUT2D eigenvalue weighted by Crippen LogP contribution is -2.53. The van der Waals surface area contributed by atoms with Crippen molar-refractivity contribution in [3.63, 3.8) is 0 Å². The van der Waals surface area contributed by atoms with Gasteiger partial charge in [0.15, 0.2) is 5.69 Å². The van der Waals surface area contributed by atoms with E-state index in [1.807, 2.05) is 0 Å². The number of carboxylic acid groups (broad SMARTS) is 1. The molecule has 1 heterocycles. The fourth-order valence-electron chi connectivity index (χ4n) is 2.43. The Morgan fingerprint density at radius 3 is 2.48 bits per heavy atom. The largest absolute Gasteiger partial charge is 0.480 e. The van der Waals surface area contributed by atoms with Gasteiger partial charge in [-0.1, -0.05) is 12.8 Å². The second-order valence-electron chi connectivity index (χ2n) is 5.04. The lowest BCUT2D eigenvalue weighted by Gasteiger charge is -2.25. The van der Waals surface area contributed by atoms with Gasteiger partial charge in [-0.15, -0.1) is 0 Å². The summed E-state index contributed by atoms with van der Waals surface area (Å²) in [6, 6.07) is 0.760. The number of aromatic nitrogens is 2. The lowest BCUT2D eigenvalue weighted by molar-refractivity contribution is -0.147. The average Bonchev–Trinajstić information content (AvgIpc) is 2.97. The highest BCUT2D eigenvalue weighted by Crippen LogP contribution is 2.30. The van der Waals surface area contributed by atoms with E-state index in [0.717, 1.165) is 16.9 Å². The fourth-order valence-corrected chi connectivity index (χ4v) is 2.43. The molecular weight excluding hydrogens is 291 g/mol. The second-order valence-corrected chi connectivity index (χ2v) is 5.04. The summed E-state index contributed by atoms with van der Waals surface area (Å²) in [5, 5.41) is 14.9. The molecule has 0 aliphatic heterocycles. The molecule has 1 aromatic rings. The maximum Gasteiger partial charge on any atom is 0.435 e. The molecule has 6 nitrogen and oxygen atoms in total. The van der Waals surface area contributed by atoms with Gasteiger partial charge in [-0.05, 0) is 18.9 Å². The number of halogens is 3. The van der Waals surface area contributed by atoms with E-state index in [4.69, 9.17) is 0 Å². The Morgan fingerprint density at radius 1 is 1.38 bits per heavy atom. The molecule has 1 saturated carbocycles.